The molecule has 2 rings (SSSR count). The van der Waals surface area contributed by atoms with E-state index in [-0.39, 0.29) is 6.04 Å². The highest BCUT2D eigenvalue weighted by molar-refractivity contribution is 6.30. The molecule has 0 unspecified atom stereocenters. The maximum absolute atomic E-state index is 9.57. The predicted molar refractivity (Wildman–Crippen MR) is 135 cm³/mol. The van der Waals surface area contributed by atoms with E-state index in [1.54, 1.807) is 0 Å². The van der Waals surface area contributed by atoms with Crippen LogP contribution < -0.4 is 11.1 Å². The zero-order valence-corrected chi connectivity index (χ0v) is 21.1. The van der Waals surface area contributed by atoms with Gasteiger partial charge >= 0.3 is 0 Å². The zero-order chi connectivity index (χ0) is 23.8. The molecule has 174 valence electrons. The van der Waals surface area contributed by atoms with E-state index in [4.69, 9.17) is 28.9 Å². The fraction of sp³-hybridized carbons (Fsp3) is 0.458. The molecule has 2 atom stereocenters. The largest absolute Gasteiger partial charge is 0.324 e. The molecule has 31 heavy (non-hydrogen) atoms. The zero-order valence-electron chi connectivity index (χ0n) is 19.6. The van der Waals surface area contributed by atoms with Gasteiger partial charge in [-0.05, 0) is 77.4 Å². The van der Waals surface area contributed by atoms with E-state index in [9.17, 15) is 4.79 Å². The van der Waals surface area contributed by atoms with Crippen molar-refractivity contribution in [3.8, 4) is 0 Å². The second-order valence-electron chi connectivity index (χ2n) is 7.80. The third-order valence-electron chi connectivity index (χ3n) is 4.22. The van der Waals surface area contributed by atoms with Gasteiger partial charge in [-0.1, -0.05) is 47.5 Å². The number of carbonyl (C=O) groups is 1. The van der Waals surface area contributed by atoms with E-state index < -0.39 is 0 Å². The van der Waals surface area contributed by atoms with Crippen molar-refractivity contribution in [3.63, 3.8) is 0 Å². The fourth-order valence-electron chi connectivity index (χ4n) is 2.29. The van der Waals surface area contributed by atoms with Gasteiger partial charge in [-0.15, -0.1) is 0 Å². The first-order valence-electron chi connectivity index (χ1n) is 10.3. The van der Waals surface area contributed by atoms with Crippen LogP contribution in [0.5, 0.6) is 0 Å². The van der Waals surface area contributed by atoms with Gasteiger partial charge in [0, 0.05) is 35.2 Å². The molecule has 0 radical (unpaired) electrons. The number of benzene rings is 2. The number of nitrogens with two attached hydrogens (primary N) is 1. The molecule has 0 bridgehead atoms. The van der Waals surface area contributed by atoms with E-state index in [0.29, 0.717) is 12.6 Å². The molecule has 0 amide bonds. The molecule has 5 nitrogen and oxygen atoms in total. The SMILES string of the molecule is CN(C)CC=O.C[C@@H](N)c1ccc(Cl)cc1.C[C@@H](NCCN(C)C)c1ccc(Cl)cc1. The summed E-state index contributed by atoms with van der Waals surface area (Å²) in [6.45, 7) is 6.69. The highest BCUT2D eigenvalue weighted by Gasteiger charge is 2.03. The number of nitrogens with zero attached hydrogens (tertiary/aromatic N) is 2. The van der Waals surface area contributed by atoms with Crippen LogP contribution in [0.4, 0.5) is 0 Å². The number of hydrogen-bond acceptors (Lipinski definition) is 5. The molecular formula is C24H38Cl2N4O. The summed E-state index contributed by atoms with van der Waals surface area (Å²) in [6, 6.07) is 16.0. The number of rotatable bonds is 8. The van der Waals surface area contributed by atoms with E-state index in [0.717, 1.165) is 35.0 Å². The number of halogens is 2. The van der Waals surface area contributed by atoms with Crippen molar-refractivity contribution in [3.05, 3.63) is 69.7 Å². The number of nitrogens with one attached hydrogen (secondary N) is 1. The molecule has 0 saturated heterocycles. The minimum atomic E-state index is 0.0947. The quantitative estimate of drug-likeness (QED) is 0.551. The normalized spacial score (nSPS) is 12.4. The van der Waals surface area contributed by atoms with Crippen molar-refractivity contribution < 1.29 is 4.79 Å². The lowest BCUT2D eigenvalue weighted by Gasteiger charge is -2.16. The summed E-state index contributed by atoms with van der Waals surface area (Å²) in [7, 11) is 7.87. The fourth-order valence-corrected chi connectivity index (χ4v) is 2.54. The van der Waals surface area contributed by atoms with Crippen molar-refractivity contribution in [2.24, 2.45) is 5.73 Å². The van der Waals surface area contributed by atoms with Gasteiger partial charge in [-0.25, -0.2) is 0 Å². The topological polar surface area (TPSA) is 61.6 Å². The second kappa shape index (κ2) is 17.1. The molecule has 0 fully saturated rings. The smallest absolute Gasteiger partial charge is 0.133 e. The Balaban J connectivity index is 0.000000484. The van der Waals surface area contributed by atoms with Crippen LogP contribution in [0.1, 0.15) is 37.1 Å². The Morgan fingerprint density at radius 1 is 0.871 bits per heavy atom. The molecule has 0 aromatic heterocycles. The summed E-state index contributed by atoms with van der Waals surface area (Å²) in [4.78, 5) is 13.6. The van der Waals surface area contributed by atoms with Crippen LogP contribution in [-0.4, -0.2) is 63.9 Å². The van der Waals surface area contributed by atoms with Gasteiger partial charge in [0.2, 0.25) is 0 Å². The summed E-state index contributed by atoms with van der Waals surface area (Å²) < 4.78 is 0. The van der Waals surface area contributed by atoms with Crippen LogP contribution in [0.15, 0.2) is 48.5 Å². The Morgan fingerprint density at radius 3 is 1.65 bits per heavy atom. The molecule has 0 aliphatic heterocycles. The molecule has 0 saturated carbocycles. The van der Waals surface area contributed by atoms with E-state index in [2.05, 4.69) is 43.4 Å². The number of likely N-dealkylation sites (N-methyl/N-ethyl adjacent to an activating group) is 2. The summed E-state index contributed by atoms with van der Waals surface area (Å²) in [6.07, 6.45) is 0.875. The molecule has 0 heterocycles. The van der Waals surface area contributed by atoms with Gasteiger partial charge in [-0.3, -0.25) is 0 Å². The Hall–Kier alpha value is -1.47. The molecule has 7 heteroatoms. The lowest BCUT2D eigenvalue weighted by atomic mass is 10.1. The van der Waals surface area contributed by atoms with Crippen LogP contribution >= 0.6 is 23.2 Å². The predicted octanol–water partition coefficient (Wildman–Crippen LogP) is 4.66. The van der Waals surface area contributed by atoms with Crippen LogP contribution in [0, 0.1) is 0 Å². The van der Waals surface area contributed by atoms with Crippen molar-refractivity contribution in [1.29, 1.82) is 0 Å². The number of hydrogen-bond donors (Lipinski definition) is 2. The third kappa shape index (κ3) is 15.9. The molecule has 3 N–H and O–H groups in total. The summed E-state index contributed by atoms with van der Waals surface area (Å²) >= 11 is 11.5. The Bertz CT molecular complexity index is 705. The van der Waals surface area contributed by atoms with Crippen molar-refractivity contribution in [2.45, 2.75) is 25.9 Å². The highest BCUT2D eigenvalue weighted by Crippen LogP contribution is 2.15. The highest BCUT2D eigenvalue weighted by atomic mass is 35.5. The van der Waals surface area contributed by atoms with Gasteiger partial charge in [0.1, 0.15) is 6.29 Å². The average molecular weight is 470 g/mol. The monoisotopic (exact) mass is 468 g/mol. The summed E-state index contributed by atoms with van der Waals surface area (Å²) in [5.74, 6) is 0. The number of aldehydes is 1. The maximum atomic E-state index is 9.57. The van der Waals surface area contributed by atoms with Crippen molar-refractivity contribution in [2.75, 3.05) is 47.8 Å². The molecule has 0 spiro atoms. The molecule has 2 aromatic rings. The van der Waals surface area contributed by atoms with Gasteiger partial charge < -0.3 is 25.6 Å². The minimum absolute atomic E-state index is 0.0947. The lowest BCUT2D eigenvalue weighted by Crippen LogP contribution is -2.28. The molecule has 0 aliphatic carbocycles. The van der Waals surface area contributed by atoms with E-state index >= 15 is 0 Å². The summed E-state index contributed by atoms with van der Waals surface area (Å²) in [5, 5.41) is 5.01. The maximum Gasteiger partial charge on any atom is 0.133 e. The van der Waals surface area contributed by atoms with Crippen LogP contribution in [0.2, 0.25) is 10.0 Å². The van der Waals surface area contributed by atoms with Gasteiger partial charge in [0.05, 0.1) is 6.54 Å². The minimum Gasteiger partial charge on any atom is -0.324 e. The Labute approximate surface area is 198 Å². The Kier molecular flexibility index (Phi) is 16.3. The first-order chi connectivity index (χ1) is 14.6. The van der Waals surface area contributed by atoms with E-state index in [1.807, 2.05) is 62.3 Å². The standard InChI is InChI=1S/C12H19ClN2.C8H10ClN.C4H9NO/c1-10(14-8-9-15(2)3)11-4-6-12(13)7-5-11;1-6(10)7-2-4-8(9)5-3-7;1-5(2)3-4-6/h4-7,10,14H,8-9H2,1-3H3;2-6H,10H2,1H3;4H,3H2,1-2H3/t10-;6-;/m11./s1. The Morgan fingerprint density at radius 2 is 1.32 bits per heavy atom. The van der Waals surface area contributed by atoms with Crippen molar-refractivity contribution >= 4 is 29.5 Å². The average Bonchev–Trinajstić information content (AvgIpc) is 2.69. The van der Waals surface area contributed by atoms with Crippen LogP contribution in [0.3, 0.4) is 0 Å². The third-order valence-corrected chi connectivity index (χ3v) is 4.72. The van der Waals surface area contributed by atoms with Gasteiger partial charge in [0.15, 0.2) is 0 Å². The van der Waals surface area contributed by atoms with E-state index in [1.165, 1.54) is 5.56 Å². The molecular weight excluding hydrogens is 431 g/mol. The second-order valence-corrected chi connectivity index (χ2v) is 8.67. The first-order valence-corrected chi connectivity index (χ1v) is 11.0. The molecule has 2 aromatic carbocycles. The first kappa shape index (κ1) is 29.5. The molecule has 0 aliphatic rings. The van der Waals surface area contributed by atoms with Gasteiger partial charge in [0.25, 0.3) is 0 Å². The van der Waals surface area contributed by atoms with Crippen molar-refractivity contribution in [1.82, 2.24) is 15.1 Å². The lowest BCUT2D eigenvalue weighted by molar-refractivity contribution is -0.108. The van der Waals surface area contributed by atoms with Crippen LogP contribution in [0.25, 0.3) is 0 Å². The van der Waals surface area contributed by atoms with Crippen LogP contribution in [-0.2, 0) is 4.79 Å². The summed E-state index contributed by atoms with van der Waals surface area (Å²) in [5.41, 5.74) is 8.01. The number of carbonyl (C=O) groups excluding carboxylic acids is 1. The van der Waals surface area contributed by atoms with Gasteiger partial charge in [-0.2, -0.15) is 0 Å².